The molecule has 220 valence electrons. The molecule has 0 unspecified atom stereocenters. The second-order valence-electron chi connectivity index (χ2n) is 12.1. The molecule has 6 aromatic carbocycles. The van der Waals surface area contributed by atoms with Crippen molar-refractivity contribution in [3.05, 3.63) is 164 Å². The van der Waals surface area contributed by atoms with Crippen LogP contribution >= 0.6 is 11.3 Å². The second-order valence-corrected chi connectivity index (χ2v) is 13.1. The summed E-state index contributed by atoms with van der Waals surface area (Å²) in [6, 6.07) is 56.5. The minimum atomic E-state index is 0.910. The van der Waals surface area contributed by atoms with Gasteiger partial charge in [-0.25, -0.2) is 4.98 Å². The fourth-order valence-corrected chi connectivity index (χ4v) is 8.38. The van der Waals surface area contributed by atoms with Crippen molar-refractivity contribution in [2.45, 2.75) is 0 Å². The summed E-state index contributed by atoms with van der Waals surface area (Å²) < 4.78 is 7.28. The molecule has 0 aliphatic rings. The van der Waals surface area contributed by atoms with Gasteiger partial charge in [-0.05, 0) is 59.7 Å². The minimum Gasteiger partial charge on any atom is -0.316 e. The predicted molar refractivity (Wildman–Crippen MR) is 199 cm³/mol. The Balaban J connectivity index is 1.37. The Morgan fingerprint density at radius 3 is 2.00 bits per heavy atom. The van der Waals surface area contributed by atoms with Crippen molar-refractivity contribution in [2.75, 3.05) is 0 Å². The molecule has 0 spiro atoms. The number of aromatic nitrogens is 3. The number of thiophene rings is 1. The molecule has 4 heteroatoms. The number of rotatable bonds is 4. The zero-order chi connectivity index (χ0) is 30.9. The monoisotopic (exact) mass is 617 g/mol. The predicted octanol–water partition coefficient (Wildman–Crippen LogP) is 11.8. The first-order valence-electron chi connectivity index (χ1n) is 15.9. The van der Waals surface area contributed by atoms with E-state index in [1.54, 1.807) is 0 Å². The molecule has 0 fully saturated rings. The number of benzene rings is 6. The van der Waals surface area contributed by atoms with Crippen LogP contribution in [0.15, 0.2) is 164 Å². The van der Waals surface area contributed by atoms with Crippen LogP contribution in [0, 0.1) is 0 Å². The molecule has 0 atom stereocenters. The Morgan fingerprint density at radius 1 is 0.489 bits per heavy atom. The fraction of sp³-hybridized carbons (Fsp3) is 0. The summed E-state index contributed by atoms with van der Waals surface area (Å²) in [7, 11) is 0. The zero-order valence-corrected chi connectivity index (χ0v) is 26.2. The van der Waals surface area contributed by atoms with Crippen LogP contribution in [-0.2, 0) is 0 Å². The Hall–Kier alpha value is -5.97. The maximum Gasteiger partial charge on any atom is 0.138 e. The van der Waals surface area contributed by atoms with Crippen LogP contribution in [0.25, 0.3) is 86.8 Å². The lowest BCUT2D eigenvalue weighted by Crippen LogP contribution is -2.00. The number of pyridine rings is 1. The highest BCUT2D eigenvalue weighted by molar-refractivity contribution is 7.26. The van der Waals surface area contributed by atoms with E-state index in [9.17, 15) is 0 Å². The van der Waals surface area contributed by atoms with Crippen LogP contribution in [-0.4, -0.2) is 14.1 Å². The summed E-state index contributed by atoms with van der Waals surface area (Å²) in [6.45, 7) is 0. The van der Waals surface area contributed by atoms with E-state index in [0.717, 1.165) is 33.8 Å². The van der Waals surface area contributed by atoms with Crippen molar-refractivity contribution >= 4 is 64.2 Å². The number of hydrogen-bond acceptors (Lipinski definition) is 2. The molecule has 0 aliphatic carbocycles. The Morgan fingerprint density at radius 2 is 1.19 bits per heavy atom. The van der Waals surface area contributed by atoms with Gasteiger partial charge in [-0.2, -0.15) is 0 Å². The first-order valence-corrected chi connectivity index (χ1v) is 16.7. The van der Waals surface area contributed by atoms with E-state index in [2.05, 4.69) is 173 Å². The quantitative estimate of drug-likeness (QED) is 0.193. The van der Waals surface area contributed by atoms with Crippen molar-refractivity contribution in [2.24, 2.45) is 0 Å². The summed E-state index contributed by atoms with van der Waals surface area (Å²) in [5, 5.41) is 6.26. The standard InChI is InChI=1S/C43H27N3S/c1-4-12-28(13-5-1)31-25-37(29-14-6-2-7-15-29)44-41(26-31)46-39-27-38-30(22-23-45(38)32-16-8-3-9-17-32)24-36(39)34-20-21-35-33-18-10-11-19-40(33)47-43(35)42(34)46/h1-27H. The molecule has 0 amide bonds. The molecule has 0 saturated heterocycles. The van der Waals surface area contributed by atoms with E-state index in [-0.39, 0.29) is 0 Å². The van der Waals surface area contributed by atoms with E-state index >= 15 is 0 Å². The van der Waals surface area contributed by atoms with Gasteiger partial charge in [0, 0.05) is 49.1 Å². The smallest absolute Gasteiger partial charge is 0.138 e. The lowest BCUT2D eigenvalue weighted by Gasteiger charge is -2.13. The van der Waals surface area contributed by atoms with Crippen LogP contribution < -0.4 is 0 Å². The summed E-state index contributed by atoms with van der Waals surface area (Å²) >= 11 is 1.87. The van der Waals surface area contributed by atoms with E-state index in [0.29, 0.717) is 0 Å². The van der Waals surface area contributed by atoms with Crippen LogP contribution in [0.3, 0.4) is 0 Å². The third kappa shape index (κ3) is 4.09. The van der Waals surface area contributed by atoms with Crippen molar-refractivity contribution in [3.63, 3.8) is 0 Å². The third-order valence-electron chi connectivity index (χ3n) is 9.34. The highest BCUT2D eigenvalue weighted by Crippen LogP contribution is 2.44. The molecule has 4 heterocycles. The normalized spacial score (nSPS) is 11.8. The van der Waals surface area contributed by atoms with Crippen LogP contribution in [0.5, 0.6) is 0 Å². The van der Waals surface area contributed by atoms with Crippen molar-refractivity contribution in [1.82, 2.24) is 14.1 Å². The summed E-state index contributed by atoms with van der Waals surface area (Å²) in [4.78, 5) is 5.44. The average molecular weight is 618 g/mol. The topological polar surface area (TPSA) is 22.8 Å². The van der Waals surface area contributed by atoms with Crippen molar-refractivity contribution < 1.29 is 0 Å². The summed E-state index contributed by atoms with van der Waals surface area (Å²) in [6.07, 6.45) is 2.18. The SMILES string of the molecule is c1ccc(-c2cc(-c3ccccc3)nc(-n3c4cc5c(ccn5-c5ccccc5)cc4c4ccc5c6ccccc6sc5c43)c2)cc1. The van der Waals surface area contributed by atoms with Crippen LogP contribution in [0.4, 0.5) is 0 Å². The van der Waals surface area contributed by atoms with Crippen molar-refractivity contribution in [3.8, 4) is 33.9 Å². The maximum absolute atomic E-state index is 5.44. The Kier molecular flexibility index (Phi) is 5.74. The van der Waals surface area contributed by atoms with Gasteiger partial charge >= 0.3 is 0 Å². The van der Waals surface area contributed by atoms with E-state index < -0.39 is 0 Å². The van der Waals surface area contributed by atoms with Gasteiger partial charge in [0.2, 0.25) is 0 Å². The van der Waals surface area contributed by atoms with Gasteiger partial charge in [0.15, 0.2) is 0 Å². The average Bonchev–Trinajstić information content (AvgIpc) is 3.83. The van der Waals surface area contributed by atoms with Crippen LogP contribution in [0.1, 0.15) is 0 Å². The Labute approximate surface area is 275 Å². The molecule has 0 saturated carbocycles. The highest BCUT2D eigenvalue weighted by Gasteiger charge is 2.21. The van der Waals surface area contributed by atoms with Gasteiger partial charge in [-0.15, -0.1) is 11.3 Å². The largest absolute Gasteiger partial charge is 0.316 e. The van der Waals surface area contributed by atoms with E-state index in [1.165, 1.54) is 52.9 Å². The molecule has 10 rings (SSSR count). The van der Waals surface area contributed by atoms with Gasteiger partial charge in [-0.1, -0.05) is 109 Å². The molecule has 4 aromatic heterocycles. The third-order valence-corrected chi connectivity index (χ3v) is 10.5. The molecule has 0 radical (unpaired) electrons. The molecule has 10 aromatic rings. The molecule has 47 heavy (non-hydrogen) atoms. The molecule has 0 N–H and O–H groups in total. The van der Waals surface area contributed by atoms with Crippen molar-refractivity contribution in [1.29, 1.82) is 0 Å². The van der Waals surface area contributed by atoms with Gasteiger partial charge in [0.05, 0.1) is 26.9 Å². The summed E-state index contributed by atoms with van der Waals surface area (Å²) in [5.41, 5.74) is 9.02. The lowest BCUT2D eigenvalue weighted by molar-refractivity contribution is 1.09. The molecule has 0 aliphatic heterocycles. The molecular weight excluding hydrogens is 591 g/mol. The summed E-state index contributed by atoms with van der Waals surface area (Å²) in [5.74, 6) is 0.910. The van der Waals surface area contributed by atoms with Gasteiger partial charge < -0.3 is 4.57 Å². The second kappa shape index (κ2) is 10.3. The minimum absolute atomic E-state index is 0.910. The van der Waals surface area contributed by atoms with Crippen LogP contribution in [0.2, 0.25) is 0 Å². The Bertz CT molecular complexity index is 2710. The van der Waals surface area contributed by atoms with Gasteiger partial charge in [0.25, 0.3) is 0 Å². The van der Waals surface area contributed by atoms with Gasteiger partial charge in [-0.3, -0.25) is 4.57 Å². The van der Waals surface area contributed by atoms with Gasteiger partial charge in [0.1, 0.15) is 5.82 Å². The molecule has 3 nitrogen and oxygen atoms in total. The van der Waals surface area contributed by atoms with E-state index in [4.69, 9.17) is 4.98 Å². The maximum atomic E-state index is 5.44. The fourth-order valence-electron chi connectivity index (χ4n) is 7.14. The molecular formula is C43H27N3S. The number of para-hydroxylation sites is 1. The first-order chi connectivity index (χ1) is 23.3. The number of fused-ring (bicyclic) bond motifs is 8. The lowest BCUT2D eigenvalue weighted by atomic mass is 10.0. The first kappa shape index (κ1) is 26.3. The molecule has 0 bridgehead atoms. The zero-order valence-electron chi connectivity index (χ0n) is 25.3. The number of nitrogens with zero attached hydrogens (tertiary/aromatic N) is 3. The number of hydrogen-bond donors (Lipinski definition) is 0. The highest BCUT2D eigenvalue weighted by atomic mass is 32.1. The van der Waals surface area contributed by atoms with E-state index in [1.807, 2.05) is 11.3 Å².